The highest BCUT2D eigenvalue weighted by molar-refractivity contribution is 6.34. The van der Waals surface area contributed by atoms with E-state index in [4.69, 9.17) is 16.3 Å². The Morgan fingerprint density at radius 3 is 2.74 bits per heavy atom. The number of aromatic nitrogens is 4. The van der Waals surface area contributed by atoms with Crippen molar-refractivity contribution < 1.29 is 9.53 Å². The SMILES string of the molecule is Cc1ccc(OC(C)C(=O)NCC(C)c2nc3c(Cl)c(C)[nH]n3n2)c(C)c1. The second kappa shape index (κ2) is 7.60. The van der Waals surface area contributed by atoms with Gasteiger partial charge in [-0.3, -0.25) is 9.89 Å². The number of aryl methyl sites for hydroxylation is 3. The number of aromatic amines is 1. The van der Waals surface area contributed by atoms with Gasteiger partial charge in [-0.15, -0.1) is 5.10 Å². The molecule has 7 nitrogen and oxygen atoms in total. The Kier molecular flexibility index (Phi) is 5.41. The van der Waals surface area contributed by atoms with Crippen LogP contribution in [0, 0.1) is 20.8 Å². The predicted molar refractivity (Wildman–Crippen MR) is 105 cm³/mol. The molecule has 2 N–H and O–H groups in total. The summed E-state index contributed by atoms with van der Waals surface area (Å²) in [5.74, 6) is 1.09. The van der Waals surface area contributed by atoms with E-state index >= 15 is 0 Å². The maximum atomic E-state index is 12.4. The summed E-state index contributed by atoms with van der Waals surface area (Å²) >= 11 is 6.19. The largest absolute Gasteiger partial charge is 0.481 e. The van der Waals surface area contributed by atoms with E-state index in [1.807, 2.05) is 45.9 Å². The number of benzene rings is 1. The lowest BCUT2D eigenvalue weighted by Gasteiger charge is -2.17. The first-order chi connectivity index (χ1) is 12.8. The molecule has 144 valence electrons. The average Bonchev–Trinajstić information content (AvgIpc) is 3.14. The molecule has 0 saturated carbocycles. The number of halogens is 1. The lowest BCUT2D eigenvalue weighted by atomic mass is 10.1. The van der Waals surface area contributed by atoms with Crippen molar-refractivity contribution in [2.75, 3.05) is 6.54 Å². The molecule has 0 saturated heterocycles. The van der Waals surface area contributed by atoms with Gasteiger partial charge in [-0.25, -0.2) is 4.98 Å². The molecule has 0 radical (unpaired) electrons. The highest BCUT2D eigenvalue weighted by atomic mass is 35.5. The summed E-state index contributed by atoms with van der Waals surface area (Å²) in [6.45, 7) is 9.94. The Balaban J connectivity index is 1.58. The van der Waals surface area contributed by atoms with Gasteiger partial charge in [0.25, 0.3) is 5.91 Å². The molecule has 0 fully saturated rings. The third-order valence-electron chi connectivity index (χ3n) is 4.45. The predicted octanol–water partition coefficient (Wildman–Crippen LogP) is 3.32. The Hall–Kier alpha value is -2.54. The van der Waals surface area contributed by atoms with E-state index in [9.17, 15) is 4.79 Å². The first-order valence-corrected chi connectivity index (χ1v) is 9.26. The van der Waals surface area contributed by atoms with Gasteiger partial charge in [0.2, 0.25) is 0 Å². The van der Waals surface area contributed by atoms with Crippen LogP contribution in [0.3, 0.4) is 0 Å². The monoisotopic (exact) mass is 389 g/mol. The van der Waals surface area contributed by atoms with Crippen LogP contribution in [-0.4, -0.2) is 38.4 Å². The number of H-pyrrole nitrogens is 1. The molecule has 2 heterocycles. The Bertz CT molecular complexity index is 978. The number of rotatable bonds is 6. The van der Waals surface area contributed by atoms with Gasteiger partial charge < -0.3 is 10.1 Å². The van der Waals surface area contributed by atoms with Crippen LogP contribution < -0.4 is 10.1 Å². The molecule has 1 aromatic carbocycles. The molecule has 3 aromatic rings. The van der Waals surface area contributed by atoms with Gasteiger partial charge in [-0.1, -0.05) is 36.2 Å². The van der Waals surface area contributed by atoms with Gasteiger partial charge in [-0.2, -0.15) is 4.63 Å². The zero-order chi connectivity index (χ0) is 19.7. The van der Waals surface area contributed by atoms with E-state index in [1.165, 1.54) is 0 Å². The van der Waals surface area contributed by atoms with Gasteiger partial charge in [0, 0.05) is 12.5 Å². The van der Waals surface area contributed by atoms with Crippen molar-refractivity contribution in [1.29, 1.82) is 0 Å². The van der Waals surface area contributed by atoms with Crippen LogP contribution in [0.1, 0.15) is 42.4 Å². The minimum absolute atomic E-state index is 0.0630. The summed E-state index contributed by atoms with van der Waals surface area (Å²) in [5.41, 5.74) is 3.57. The zero-order valence-corrected chi connectivity index (χ0v) is 16.9. The summed E-state index contributed by atoms with van der Waals surface area (Å²) in [6.07, 6.45) is -0.597. The number of nitrogens with zero attached hydrogens (tertiary/aromatic N) is 3. The van der Waals surface area contributed by atoms with Crippen LogP contribution in [0.5, 0.6) is 5.75 Å². The fraction of sp³-hybridized carbons (Fsp3) is 0.421. The van der Waals surface area contributed by atoms with Crippen molar-refractivity contribution in [2.45, 2.75) is 46.6 Å². The molecule has 0 aliphatic carbocycles. The second-order valence-electron chi connectivity index (χ2n) is 6.93. The number of carbonyl (C=O) groups excluding carboxylic acids is 1. The summed E-state index contributed by atoms with van der Waals surface area (Å²) < 4.78 is 7.35. The van der Waals surface area contributed by atoms with Gasteiger partial charge in [0.1, 0.15) is 10.8 Å². The van der Waals surface area contributed by atoms with Crippen molar-refractivity contribution >= 4 is 23.2 Å². The van der Waals surface area contributed by atoms with Crippen molar-refractivity contribution in [1.82, 2.24) is 25.1 Å². The van der Waals surface area contributed by atoms with Crippen LogP contribution in [0.25, 0.3) is 5.65 Å². The van der Waals surface area contributed by atoms with Crippen molar-refractivity contribution in [3.63, 3.8) is 0 Å². The van der Waals surface area contributed by atoms with Crippen LogP contribution in [0.2, 0.25) is 5.02 Å². The number of amides is 1. The van der Waals surface area contributed by atoms with E-state index in [0.29, 0.717) is 28.8 Å². The number of nitrogens with one attached hydrogen (secondary N) is 2. The van der Waals surface area contributed by atoms with Crippen molar-refractivity contribution in [2.24, 2.45) is 0 Å². The zero-order valence-electron chi connectivity index (χ0n) is 16.1. The van der Waals surface area contributed by atoms with E-state index in [2.05, 4.69) is 20.5 Å². The van der Waals surface area contributed by atoms with Crippen molar-refractivity contribution in [3.05, 3.63) is 45.9 Å². The minimum Gasteiger partial charge on any atom is -0.481 e. The molecule has 2 aromatic heterocycles. The molecule has 2 atom stereocenters. The quantitative estimate of drug-likeness (QED) is 0.677. The number of hydrogen-bond donors (Lipinski definition) is 2. The van der Waals surface area contributed by atoms with Gasteiger partial charge in [0.15, 0.2) is 17.6 Å². The number of hydrogen-bond acceptors (Lipinski definition) is 4. The third-order valence-corrected chi connectivity index (χ3v) is 4.90. The highest BCUT2D eigenvalue weighted by Gasteiger charge is 2.20. The molecule has 2 unspecified atom stereocenters. The standard InChI is InChI=1S/C19H24ClN5O2/c1-10-6-7-15(11(2)8-10)27-14(5)19(26)21-9-12(3)17-22-18-16(20)13(4)23-25(18)24-17/h6-8,12,14,23H,9H2,1-5H3,(H,21,26). The number of ether oxygens (including phenoxy) is 1. The van der Waals surface area contributed by atoms with Gasteiger partial charge in [0.05, 0.1) is 5.69 Å². The Morgan fingerprint density at radius 1 is 1.33 bits per heavy atom. The smallest absolute Gasteiger partial charge is 0.260 e. The number of carbonyl (C=O) groups is 1. The first kappa shape index (κ1) is 19.2. The minimum atomic E-state index is -0.597. The fourth-order valence-electron chi connectivity index (χ4n) is 2.80. The molecular formula is C19H24ClN5O2. The van der Waals surface area contributed by atoms with Gasteiger partial charge >= 0.3 is 0 Å². The van der Waals surface area contributed by atoms with E-state index in [1.54, 1.807) is 11.6 Å². The summed E-state index contributed by atoms with van der Waals surface area (Å²) in [7, 11) is 0. The lowest BCUT2D eigenvalue weighted by molar-refractivity contribution is -0.127. The molecule has 0 aliphatic rings. The maximum Gasteiger partial charge on any atom is 0.260 e. The summed E-state index contributed by atoms with van der Waals surface area (Å²) in [6, 6.07) is 5.88. The lowest BCUT2D eigenvalue weighted by Crippen LogP contribution is -2.38. The second-order valence-corrected chi connectivity index (χ2v) is 7.31. The van der Waals surface area contributed by atoms with E-state index < -0.39 is 6.10 Å². The fourth-order valence-corrected chi connectivity index (χ4v) is 2.96. The molecule has 1 amide bonds. The maximum absolute atomic E-state index is 12.4. The molecule has 3 rings (SSSR count). The molecule has 8 heteroatoms. The molecule has 0 bridgehead atoms. The molecule has 0 spiro atoms. The summed E-state index contributed by atoms with van der Waals surface area (Å²) in [4.78, 5) is 16.8. The van der Waals surface area contributed by atoms with Crippen molar-refractivity contribution in [3.8, 4) is 5.75 Å². The van der Waals surface area contributed by atoms with E-state index in [0.717, 1.165) is 16.8 Å². The van der Waals surface area contributed by atoms with Crippen LogP contribution in [0.4, 0.5) is 0 Å². The van der Waals surface area contributed by atoms with Crippen LogP contribution >= 0.6 is 11.6 Å². The van der Waals surface area contributed by atoms with Crippen LogP contribution in [0.15, 0.2) is 18.2 Å². The molecule has 0 aliphatic heterocycles. The van der Waals surface area contributed by atoms with Crippen LogP contribution in [-0.2, 0) is 4.79 Å². The Labute approximate surface area is 163 Å². The van der Waals surface area contributed by atoms with Gasteiger partial charge in [-0.05, 0) is 39.3 Å². The first-order valence-electron chi connectivity index (χ1n) is 8.88. The number of fused-ring (bicyclic) bond motifs is 1. The molecular weight excluding hydrogens is 366 g/mol. The average molecular weight is 390 g/mol. The molecule has 27 heavy (non-hydrogen) atoms. The topological polar surface area (TPSA) is 84.3 Å². The normalized spacial score (nSPS) is 13.6. The van der Waals surface area contributed by atoms with E-state index in [-0.39, 0.29) is 11.8 Å². The Morgan fingerprint density at radius 2 is 2.07 bits per heavy atom. The summed E-state index contributed by atoms with van der Waals surface area (Å²) in [5, 5.41) is 10.9. The third kappa shape index (κ3) is 4.08. The highest BCUT2D eigenvalue weighted by Crippen LogP contribution is 2.22.